The molecular formula is C7H15FN2. The van der Waals surface area contributed by atoms with E-state index in [0.717, 1.165) is 13.1 Å². The summed E-state index contributed by atoms with van der Waals surface area (Å²) in [6.45, 7) is 3.63. The monoisotopic (exact) mass is 146 g/mol. The van der Waals surface area contributed by atoms with Crippen LogP contribution in [0.25, 0.3) is 0 Å². The van der Waals surface area contributed by atoms with E-state index in [-0.39, 0.29) is 12.7 Å². The van der Waals surface area contributed by atoms with Crippen LogP contribution in [0.15, 0.2) is 0 Å². The maximum absolute atomic E-state index is 12.1. The summed E-state index contributed by atoms with van der Waals surface area (Å²) < 4.78 is 12.1. The van der Waals surface area contributed by atoms with Crippen LogP contribution in [0.4, 0.5) is 4.39 Å². The molecule has 0 aromatic rings. The van der Waals surface area contributed by atoms with Crippen LogP contribution in [0, 0.1) is 0 Å². The molecule has 1 rings (SSSR count). The Morgan fingerprint density at radius 1 is 1.70 bits per heavy atom. The van der Waals surface area contributed by atoms with Crippen LogP contribution in [0.2, 0.25) is 0 Å². The van der Waals surface area contributed by atoms with E-state index in [0.29, 0.717) is 6.04 Å². The maximum Gasteiger partial charge on any atom is 0.106 e. The van der Waals surface area contributed by atoms with Crippen molar-refractivity contribution in [3.63, 3.8) is 0 Å². The van der Waals surface area contributed by atoms with Gasteiger partial charge in [-0.05, 0) is 14.0 Å². The summed E-state index contributed by atoms with van der Waals surface area (Å²) in [5.41, 5.74) is 0. The van der Waals surface area contributed by atoms with Crippen LogP contribution in [0.3, 0.4) is 0 Å². The number of nitrogens with one attached hydrogen (secondary N) is 1. The molecule has 1 N–H and O–H groups in total. The molecule has 60 valence electrons. The fourth-order valence-electron chi connectivity index (χ4n) is 1.19. The average molecular weight is 146 g/mol. The molecule has 2 atom stereocenters. The highest BCUT2D eigenvalue weighted by Gasteiger charge is 2.20. The van der Waals surface area contributed by atoms with Gasteiger partial charge in [0.1, 0.15) is 6.67 Å². The van der Waals surface area contributed by atoms with Gasteiger partial charge in [-0.2, -0.15) is 0 Å². The van der Waals surface area contributed by atoms with Crippen LogP contribution in [0.5, 0.6) is 0 Å². The van der Waals surface area contributed by atoms with Crippen molar-refractivity contribution < 1.29 is 4.39 Å². The molecule has 0 aromatic heterocycles. The van der Waals surface area contributed by atoms with E-state index in [9.17, 15) is 4.39 Å². The van der Waals surface area contributed by atoms with E-state index < -0.39 is 0 Å². The van der Waals surface area contributed by atoms with Crippen molar-refractivity contribution in [1.29, 1.82) is 0 Å². The van der Waals surface area contributed by atoms with Crippen molar-refractivity contribution in [2.45, 2.75) is 19.0 Å². The van der Waals surface area contributed by atoms with Gasteiger partial charge in [-0.25, -0.2) is 4.39 Å². The second-order valence-corrected chi connectivity index (χ2v) is 3.05. The first-order chi connectivity index (χ1) is 4.74. The third-order valence-corrected chi connectivity index (χ3v) is 2.15. The Kier molecular flexibility index (Phi) is 2.63. The number of alkyl halides is 1. The van der Waals surface area contributed by atoms with E-state index in [1.165, 1.54) is 0 Å². The summed E-state index contributed by atoms with van der Waals surface area (Å²) in [5.74, 6) is 0. The average Bonchev–Trinajstić information content (AvgIpc) is 1.95. The molecule has 10 heavy (non-hydrogen) atoms. The Morgan fingerprint density at radius 2 is 2.40 bits per heavy atom. The molecule has 0 spiro atoms. The van der Waals surface area contributed by atoms with Gasteiger partial charge in [-0.1, -0.05) is 0 Å². The zero-order chi connectivity index (χ0) is 7.56. The summed E-state index contributed by atoms with van der Waals surface area (Å²) in [6.07, 6.45) is 0. The number of nitrogens with zero attached hydrogens (tertiary/aromatic N) is 1. The lowest BCUT2D eigenvalue weighted by atomic mass is 10.1. The number of likely N-dealkylation sites (N-methyl/N-ethyl adjacent to an activating group) is 1. The van der Waals surface area contributed by atoms with E-state index in [1.54, 1.807) is 0 Å². The minimum atomic E-state index is -0.253. The zero-order valence-electron chi connectivity index (χ0n) is 6.60. The van der Waals surface area contributed by atoms with Crippen LogP contribution < -0.4 is 5.32 Å². The first kappa shape index (κ1) is 7.95. The molecule has 0 saturated carbocycles. The first-order valence-electron chi connectivity index (χ1n) is 3.73. The summed E-state index contributed by atoms with van der Waals surface area (Å²) in [6, 6.07) is 0.601. The largest absolute Gasteiger partial charge is 0.309 e. The molecular weight excluding hydrogens is 131 g/mol. The predicted octanol–water partition coefficient (Wildman–Crippen LogP) is 0.248. The lowest BCUT2D eigenvalue weighted by molar-refractivity contribution is 0.159. The van der Waals surface area contributed by atoms with Gasteiger partial charge in [0.25, 0.3) is 0 Å². The molecule has 0 bridgehead atoms. The third-order valence-electron chi connectivity index (χ3n) is 2.15. The summed E-state index contributed by atoms with van der Waals surface area (Å²) in [5, 5.41) is 3.13. The molecule has 3 heteroatoms. The number of piperazine rings is 1. The smallest absolute Gasteiger partial charge is 0.106 e. The molecule has 0 aliphatic carbocycles. The Hall–Kier alpha value is -0.150. The van der Waals surface area contributed by atoms with Gasteiger partial charge in [0, 0.05) is 25.2 Å². The van der Waals surface area contributed by atoms with E-state index in [4.69, 9.17) is 0 Å². The molecule has 2 nitrogen and oxygen atoms in total. The molecule has 1 heterocycles. The lowest BCUT2D eigenvalue weighted by Crippen LogP contribution is -2.54. The topological polar surface area (TPSA) is 15.3 Å². The van der Waals surface area contributed by atoms with Gasteiger partial charge in [0.05, 0.1) is 0 Å². The summed E-state index contributed by atoms with van der Waals surface area (Å²) in [4.78, 5) is 2.18. The summed E-state index contributed by atoms with van der Waals surface area (Å²) >= 11 is 0. The van der Waals surface area contributed by atoms with Crippen molar-refractivity contribution in [2.75, 3.05) is 26.8 Å². The van der Waals surface area contributed by atoms with Gasteiger partial charge in [-0.3, -0.25) is 0 Å². The fourth-order valence-corrected chi connectivity index (χ4v) is 1.19. The van der Waals surface area contributed by atoms with Crippen molar-refractivity contribution in [2.24, 2.45) is 0 Å². The number of rotatable bonds is 1. The van der Waals surface area contributed by atoms with Crippen molar-refractivity contribution in [1.82, 2.24) is 10.2 Å². The Balaban J connectivity index is 2.33. The maximum atomic E-state index is 12.1. The van der Waals surface area contributed by atoms with E-state index in [2.05, 4.69) is 17.1 Å². The molecule has 0 radical (unpaired) electrons. The number of hydrogen-bond acceptors (Lipinski definition) is 2. The molecule has 0 unspecified atom stereocenters. The van der Waals surface area contributed by atoms with Crippen LogP contribution in [-0.4, -0.2) is 43.8 Å². The quantitative estimate of drug-likeness (QED) is 0.570. The van der Waals surface area contributed by atoms with Crippen LogP contribution >= 0.6 is 0 Å². The Morgan fingerprint density at radius 3 is 2.90 bits per heavy atom. The minimum Gasteiger partial charge on any atom is -0.309 e. The van der Waals surface area contributed by atoms with Gasteiger partial charge >= 0.3 is 0 Å². The third kappa shape index (κ3) is 1.67. The van der Waals surface area contributed by atoms with Gasteiger partial charge in [-0.15, -0.1) is 0 Å². The molecule has 1 aliphatic heterocycles. The Bertz CT molecular complexity index is 108. The van der Waals surface area contributed by atoms with E-state index in [1.807, 2.05) is 7.05 Å². The number of halogens is 1. The number of hydrogen-bond donors (Lipinski definition) is 1. The summed E-state index contributed by atoms with van der Waals surface area (Å²) in [7, 11) is 2.04. The highest BCUT2D eigenvalue weighted by atomic mass is 19.1. The van der Waals surface area contributed by atoms with Crippen LogP contribution in [-0.2, 0) is 0 Å². The normalized spacial score (nSPS) is 36.3. The first-order valence-corrected chi connectivity index (χ1v) is 3.73. The Labute approximate surface area is 61.4 Å². The molecule has 0 aromatic carbocycles. The minimum absolute atomic E-state index is 0.0567. The zero-order valence-corrected chi connectivity index (χ0v) is 6.60. The fraction of sp³-hybridized carbons (Fsp3) is 1.00. The van der Waals surface area contributed by atoms with Gasteiger partial charge < -0.3 is 10.2 Å². The van der Waals surface area contributed by atoms with Gasteiger partial charge in [0.15, 0.2) is 0 Å². The second kappa shape index (κ2) is 3.30. The molecule has 1 aliphatic rings. The SMILES string of the molecule is C[C@@H]1CN[C@@H](CF)CN1C. The van der Waals surface area contributed by atoms with Crippen molar-refractivity contribution in [3.8, 4) is 0 Å². The van der Waals surface area contributed by atoms with E-state index >= 15 is 0 Å². The van der Waals surface area contributed by atoms with Crippen molar-refractivity contribution in [3.05, 3.63) is 0 Å². The van der Waals surface area contributed by atoms with Gasteiger partial charge in [0.2, 0.25) is 0 Å². The molecule has 1 fully saturated rings. The lowest BCUT2D eigenvalue weighted by Gasteiger charge is -2.34. The van der Waals surface area contributed by atoms with Crippen LogP contribution in [0.1, 0.15) is 6.92 Å². The predicted molar refractivity (Wildman–Crippen MR) is 39.9 cm³/mol. The standard InChI is InChI=1S/C7H15FN2/c1-6-4-9-7(3-8)5-10(6)2/h6-7,9H,3-5H2,1-2H3/t6-,7+/m1/s1. The van der Waals surface area contributed by atoms with Crippen molar-refractivity contribution >= 4 is 0 Å². The molecule has 0 amide bonds. The molecule has 1 saturated heterocycles. The second-order valence-electron chi connectivity index (χ2n) is 3.05. The highest BCUT2D eigenvalue weighted by Crippen LogP contribution is 2.03. The highest BCUT2D eigenvalue weighted by molar-refractivity contribution is 4.80.